The van der Waals surface area contributed by atoms with Crippen molar-refractivity contribution in [2.24, 2.45) is 0 Å². The number of aromatic nitrogens is 3. The van der Waals surface area contributed by atoms with E-state index in [0.29, 0.717) is 28.2 Å². The quantitative estimate of drug-likeness (QED) is 0.732. The Kier molecular flexibility index (Phi) is 3.12. The molecule has 0 bridgehead atoms. The smallest absolute Gasteiger partial charge is 0.277 e. The molecule has 0 unspecified atom stereocenters. The first-order chi connectivity index (χ1) is 9.65. The van der Waals surface area contributed by atoms with Gasteiger partial charge in [0.15, 0.2) is 0 Å². The lowest BCUT2D eigenvalue weighted by atomic mass is 10.2. The molecule has 2 N–H and O–H groups in total. The van der Waals surface area contributed by atoms with Gasteiger partial charge in [0.1, 0.15) is 5.52 Å². The van der Waals surface area contributed by atoms with E-state index in [0.717, 1.165) is 5.56 Å². The van der Waals surface area contributed by atoms with Gasteiger partial charge in [0.05, 0.1) is 22.6 Å². The standard InChI is InChI=1S/C14H11ClN4O/c15-11-6-5-9(7-12(11)16)8-19-14(20)10-3-1-2-4-13(10)17-18-19/h1-7H,8,16H2. The number of hydrogen-bond donors (Lipinski definition) is 1. The van der Waals surface area contributed by atoms with E-state index in [2.05, 4.69) is 10.3 Å². The monoisotopic (exact) mass is 286 g/mol. The summed E-state index contributed by atoms with van der Waals surface area (Å²) in [5.41, 5.74) is 7.48. The lowest BCUT2D eigenvalue weighted by molar-refractivity contribution is 0.601. The van der Waals surface area contributed by atoms with Crippen LogP contribution in [-0.4, -0.2) is 15.0 Å². The summed E-state index contributed by atoms with van der Waals surface area (Å²) in [4.78, 5) is 12.3. The minimum Gasteiger partial charge on any atom is -0.398 e. The maximum Gasteiger partial charge on any atom is 0.277 e. The van der Waals surface area contributed by atoms with E-state index in [1.54, 1.807) is 30.3 Å². The van der Waals surface area contributed by atoms with Crippen LogP contribution in [0.3, 0.4) is 0 Å². The fraction of sp³-hybridized carbons (Fsp3) is 0.0714. The SMILES string of the molecule is Nc1cc(Cn2nnc3ccccc3c2=O)ccc1Cl. The normalized spacial score (nSPS) is 10.8. The van der Waals surface area contributed by atoms with E-state index in [4.69, 9.17) is 17.3 Å². The Labute approximate surface area is 119 Å². The molecule has 0 amide bonds. The summed E-state index contributed by atoms with van der Waals surface area (Å²) in [5.74, 6) is 0. The molecule has 0 fully saturated rings. The second-order valence-electron chi connectivity index (χ2n) is 4.43. The molecule has 0 aliphatic rings. The zero-order valence-electron chi connectivity index (χ0n) is 10.5. The average molecular weight is 287 g/mol. The Morgan fingerprint density at radius 2 is 2.00 bits per heavy atom. The molecule has 0 saturated carbocycles. The van der Waals surface area contributed by atoms with Crippen LogP contribution in [0.4, 0.5) is 5.69 Å². The highest BCUT2D eigenvalue weighted by molar-refractivity contribution is 6.33. The van der Waals surface area contributed by atoms with Gasteiger partial charge in [0.25, 0.3) is 5.56 Å². The highest BCUT2D eigenvalue weighted by atomic mass is 35.5. The van der Waals surface area contributed by atoms with E-state index in [-0.39, 0.29) is 5.56 Å². The molecule has 3 aromatic rings. The maximum absolute atomic E-state index is 12.3. The van der Waals surface area contributed by atoms with E-state index < -0.39 is 0 Å². The average Bonchev–Trinajstić information content (AvgIpc) is 2.46. The van der Waals surface area contributed by atoms with Crippen LogP contribution in [0.25, 0.3) is 10.9 Å². The first-order valence-corrected chi connectivity index (χ1v) is 6.39. The zero-order chi connectivity index (χ0) is 14.1. The summed E-state index contributed by atoms with van der Waals surface area (Å²) in [5, 5.41) is 9.01. The lowest BCUT2D eigenvalue weighted by Crippen LogP contribution is -2.24. The Hall–Kier alpha value is -2.40. The first-order valence-electron chi connectivity index (χ1n) is 6.01. The Morgan fingerprint density at radius 1 is 1.20 bits per heavy atom. The highest BCUT2D eigenvalue weighted by Gasteiger charge is 2.06. The summed E-state index contributed by atoms with van der Waals surface area (Å²) in [6, 6.07) is 12.4. The third-order valence-electron chi connectivity index (χ3n) is 3.02. The van der Waals surface area contributed by atoms with Crippen molar-refractivity contribution in [2.75, 3.05) is 5.73 Å². The largest absolute Gasteiger partial charge is 0.398 e. The molecule has 3 rings (SSSR count). The van der Waals surface area contributed by atoms with Crippen molar-refractivity contribution in [1.82, 2.24) is 15.0 Å². The predicted octanol–water partition coefficient (Wildman–Crippen LogP) is 2.08. The van der Waals surface area contributed by atoms with Crippen LogP contribution in [0.1, 0.15) is 5.56 Å². The fourth-order valence-electron chi connectivity index (χ4n) is 1.99. The predicted molar refractivity (Wildman–Crippen MR) is 78.8 cm³/mol. The van der Waals surface area contributed by atoms with E-state index in [9.17, 15) is 4.79 Å². The molecule has 1 heterocycles. The molecule has 0 aliphatic heterocycles. The number of nitrogens with two attached hydrogens (primary N) is 1. The lowest BCUT2D eigenvalue weighted by Gasteiger charge is -2.06. The van der Waals surface area contributed by atoms with E-state index >= 15 is 0 Å². The van der Waals surface area contributed by atoms with Crippen LogP contribution in [0, 0.1) is 0 Å². The molecule has 0 spiro atoms. The molecular formula is C14H11ClN4O. The van der Waals surface area contributed by atoms with Crippen LogP contribution < -0.4 is 11.3 Å². The minimum absolute atomic E-state index is 0.177. The van der Waals surface area contributed by atoms with E-state index in [1.807, 2.05) is 12.1 Å². The van der Waals surface area contributed by atoms with Gasteiger partial charge in [-0.15, -0.1) is 5.10 Å². The van der Waals surface area contributed by atoms with Crippen molar-refractivity contribution in [1.29, 1.82) is 0 Å². The first kappa shape index (κ1) is 12.6. The Morgan fingerprint density at radius 3 is 2.80 bits per heavy atom. The number of benzene rings is 2. The molecular weight excluding hydrogens is 276 g/mol. The number of fused-ring (bicyclic) bond motifs is 1. The van der Waals surface area contributed by atoms with Gasteiger partial charge in [0.2, 0.25) is 0 Å². The number of hydrogen-bond acceptors (Lipinski definition) is 4. The van der Waals surface area contributed by atoms with Gasteiger partial charge < -0.3 is 5.73 Å². The molecule has 0 radical (unpaired) electrons. The number of rotatable bonds is 2. The van der Waals surface area contributed by atoms with Crippen LogP contribution in [-0.2, 0) is 6.54 Å². The van der Waals surface area contributed by atoms with Crippen molar-refractivity contribution in [2.45, 2.75) is 6.54 Å². The minimum atomic E-state index is -0.177. The number of nitrogens with zero attached hydrogens (tertiary/aromatic N) is 3. The van der Waals surface area contributed by atoms with E-state index in [1.165, 1.54) is 4.68 Å². The highest BCUT2D eigenvalue weighted by Crippen LogP contribution is 2.19. The summed E-state index contributed by atoms with van der Waals surface area (Å²) < 4.78 is 1.31. The van der Waals surface area contributed by atoms with Crippen LogP contribution in [0.2, 0.25) is 5.02 Å². The van der Waals surface area contributed by atoms with Crippen molar-refractivity contribution < 1.29 is 0 Å². The Bertz CT molecular complexity index is 844. The van der Waals surface area contributed by atoms with Crippen molar-refractivity contribution in [3.63, 3.8) is 0 Å². The third kappa shape index (κ3) is 2.23. The fourth-order valence-corrected chi connectivity index (χ4v) is 2.11. The molecule has 0 aliphatic carbocycles. The van der Waals surface area contributed by atoms with Gasteiger partial charge >= 0.3 is 0 Å². The van der Waals surface area contributed by atoms with Gasteiger partial charge in [-0.1, -0.05) is 35.0 Å². The molecule has 5 nitrogen and oxygen atoms in total. The summed E-state index contributed by atoms with van der Waals surface area (Å²) in [6.07, 6.45) is 0. The molecule has 0 atom stereocenters. The molecule has 20 heavy (non-hydrogen) atoms. The van der Waals surface area contributed by atoms with Crippen LogP contribution in [0.5, 0.6) is 0 Å². The molecule has 1 aromatic heterocycles. The molecule has 100 valence electrons. The summed E-state index contributed by atoms with van der Waals surface area (Å²) in [7, 11) is 0. The van der Waals surface area contributed by atoms with Gasteiger partial charge in [-0.05, 0) is 29.8 Å². The summed E-state index contributed by atoms with van der Waals surface area (Å²) >= 11 is 5.87. The Balaban J connectivity index is 2.04. The molecule has 2 aromatic carbocycles. The topological polar surface area (TPSA) is 73.8 Å². The van der Waals surface area contributed by atoms with Crippen molar-refractivity contribution in [3.8, 4) is 0 Å². The second-order valence-corrected chi connectivity index (χ2v) is 4.83. The number of halogens is 1. The number of anilines is 1. The maximum atomic E-state index is 12.3. The van der Waals surface area contributed by atoms with Gasteiger partial charge in [-0.25, -0.2) is 4.68 Å². The zero-order valence-corrected chi connectivity index (χ0v) is 11.2. The summed E-state index contributed by atoms with van der Waals surface area (Å²) in [6.45, 7) is 0.304. The molecule has 0 saturated heterocycles. The van der Waals surface area contributed by atoms with Gasteiger partial charge in [-0.2, -0.15) is 0 Å². The van der Waals surface area contributed by atoms with Crippen molar-refractivity contribution >= 4 is 28.2 Å². The van der Waals surface area contributed by atoms with Crippen LogP contribution >= 0.6 is 11.6 Å². The van der Waals surface area contributed by atoms with Gasteiger partial charge in [0, 0.05) is 0 Å². The third-order valence-corrected chi connectivity index (χ3v) is 3.37. The number of nitrogen functional groups attached to an aromatic ring is 1. The molecule has 6 heteroatoms. The van der Waals surface area contributed by atoms with Crippen molar-refractivity contribution in [3.05, 3.63) is 63.4 Å². The second kappa shape index (κ2) is 4.94. The van der Waals surface area contributed by atoms with Gasteiger partial charge in [-0.3, -0.25) is 4.79 Å². The van der Waals surface area contributed by atoms with Crippen LogP contribution in [0.15, 0.2) is 47.3 Å².